The van der Waals surface area contributed by atoms with E-state index in [1.165, 1.54) is 27.8 Å². The van der Waals surface area contributed by atoms with Crippen LogP contribution < -0.4 is 5.32 Å². The number of rotatable bonds is 11. The topological polar surface area (TPSA) is 29.1 Å². The van der Waals surface area contributed by atoms with E-state index in [1.807, 2.05) is 13.8 Å². The smallest absolute Gasteiger partial charge is 0.156 e. The first-order chi connectivity index (χ1) is 16.9. The van der Waals surface area contributed by atoms with Crippen molar-refractivity contribution in [2.45, 2.75) is 107 Å². The predicted octanol–water partition coefficient (Wildman–Crippen LogP) is 9.73. The van der Waals surface area contributed by atoms with Gasteiger partial charge in [-0.1, -0.05) is 112 Å². The summed E-state index contributed by atoms with van der Waals surface area (Å²) < 4.78 is 0. The van der Waals surface area contributed by atoms with Crippen molar-refractivity contribution in [1.82, 2.24) is 5.32 Å². The maximum atomic E-state index is 11.6. The minimum absolute atomic E-state index is 0. The molecule has 2 aromatic rings. The van der Waals surface area contributed by atoms with Crippen molar-refractivity contribution in [2.75, 3.05) is 6.54 Å². The fraction of sp³-hybridized carbons (Fsp3) is 0.514. The molecule has 206 valence electrons. The summed E-state index contributed by atoms with van der Waals surface area (Å²) in [5.41, 5.74) is 7.73. The summed E-state index contributed by atoms with van der Waals surface area (Å²) in [7, 11) is 0. The molecule has 2 nitrogen and oxygen atoms in total. The molecule has 1 N–H and O–H groups in total. The normalized spacial score (nSPS) is 12.8. The van der Waals surface area contributed by atoms with E-state index in [-0.39, 0.29) is 13.2 Å². The van der Waals surface area contributed by atoms with Crippen LogP contribution in [0.15, 0.2) is 71.8 Å². The van der Waals surface area contributed by atoms with E-state index in [9.17, 15) is 4.79 Å². The van der Waals surface area contributed by atoms with Gasteiger partial charge >= 0.3 is 0 Å². The lowest BCUT2D eigenvalue weighted by molar-refractivity contribution is -0.114. The van der Waals surface area contributed by atoms with Crippen LogP contribution in [0.2, 0.25) is 0 Å². The van der Waals surface area contributed by atoms with Crippen molar-refractivity contribution < 1.29 is 4.79 Å². The molecule has 0 spiro atoms. The van der Waals surface area contributed by atoms with E-state index in [2.05, 4.69) is 115 Å². The summed E-state index contributed by atoms with van der Waals surface area (Å²) in [6.07, 6.45) is 5.84. The highest BCUT2D eigenvalue weighted by molar-refractivity contribution is 5.90. The van der Waals surface area contributed by atoms with Gasteiger partial charge in [0.15, 0.2) is 5.78 Å². The lowest BCUT2D eigenvalue weighted by Crippen LogP contribution is -2.32. The van der Waals surface area contributed by atoms with E-state index >= 15 is 0 Å². The molecule has 2 rings (SSSR count). The Labute approximate surface area is 229 Å². The van der Waals surface area contributed by atoms with Crippen LogP contribution in [0.5, 0.6) is 0 Å². The Morgan fingerprint density at radius 1 is 0.757 bits per heavy atom. The lowest BCUT2D eigenvalue weighted by atomic mass is 9.92. The highest BCUT2D eigenvalue weighted by atomic mass is 16.1. The number of ketones is 1. The minimum Gasteiger partial charge on any atom is -0.310 e. The van der Waals surface area contributed by atoms with Crippen molar-refractivity contribution in [1.29, 1.82) is 0 Å². The summed E-state index contributed by atoms with van der Waals surface area (Å²) in [5, 5.41) is 3.69. The zero-order valence-electron chi connectivity index (χ0n) is 24.6. The second-order valence-corrected chi connectivity index (χ2v) is 11.4. The number of carbonyl (C=O) groups excluding carboxylic acids is 1. The van der Waals surface area contributed by atoms with Crippen LogP contribution in [0.1, 0.15) is 110 Å². The number of benzene rings is 2. The van der Waals surface area contributed by atoms with Gasteiger partial charge in [0.2, 0.25) is 0 Å². The Bertz CT molecular complexity index is 955. The highest BCUT2D eigenvalue weighted by Crippen LogP contribution is 2.22. The van der Waals surface area contributed by atoms with E-state index in [1.54, 1.807) is 6.08 Å². The second-order valence-electron chi connectivity index (χ2n) is 11.4. The fourth-order valence-electron chi connectivity index (χ4n) is 4.11. The predicted molar refractivity (Wildman–Crippen MR) is 166 cm³/mol. The van der Waals surface area contributed by atoms with E-state index in [0.717, 1.165) is 18.5 Å². The van der Waals surface area contributed by atoms with Gasteiger partial charge in [-0.3, -0.25) is 4.79 Å². The molecule has 37 heavy (non-hydrogen) atoms. The molecular weight excluding hydrogens is 450 g/mol. The molecule has 3 atom stereocenters. The molecule has 0 saturated heterocycles. The van der Waals surface area contributed by atoms with Gasteiger partial charge in [0.1, 0.15) is 0 Å². The zero-order valence-corrected chi connectivity index (χ0v) is 24.6. The van der Waals surface area contributed by atoms with Crippen LogP contribution in [0.25, 0.3) is 0 Å². The van der Waals surface area contributed by atoms with Crippen molar-refractivity contribution in [3.05, 3.63) is 94.1 Å². The van der Waals surface area contributed by atoms with Gasteiger partial charge in [0.05, 0.1) is 0 Å². The number of hydrogen-bond donors (Lipinski definition) is 1. The summed E-state index contributed by atoms with van der Waals surface area (Å²) >= 11 is 0. The van der Waals surface area contributed by atoms with Gasteiger partial charge in [0.25, 0.3) is 0 Å². The maximum Gasteiger partial charge on any atom is 0.156 e. The minimum atomic E-state index is 0. The largest absolute Gasteiger partial charge is 0.310 e. The second kappa shape index (κ2) is 17.9. The third-order valence-electron chi connectivity index (χ3n) is 6.18. The molecule has 0 aromatic heterocycles. The standard InChI is InChI=1S/C19H31N.C15H20O.CH4/c1-14(2)11-19(20-13-15(3)4)12-17(6)18-9-7-16(5)8-10-18;1-11(2)9-15(16)10-13(4)14-7-5-12(3)6-8-14;/h7-11,15,17,19-20H,12-13H2,1-6H3;5-9,13H,10H2,1-4H3;1H4/t17-,19?;13-;/m00./s1. The first kappa shape index (κ1) is 34.6. The Hall–Kier alpha value is -2.45. The van der Waals surface area contributed by atoms with Crippen molar-refractivity contribution >= 4 is 5.78 Å². The highest BCUT2D eigenvalue weighted by Gasteiger charge is 2.13. The van der Waals surface area contributed by atoms with Crippen molar-refractivity contribution in [3.63, 3.8) is 0 Å². The number of hydrogen-bond acceptors (Lipinski definition) is 2. The van der Waals surface area contributed by atoms with Crippen LogP contribution in [-0.4, -0.2) is 18.4 Å². The molecule has 0 radical (unpaired) electrons. The zero-order chi connectivity index (χ0) is 27.3. The van der Waals surface area contributed by atoms with Gasteiger partial charge < -0.3 is 5.32 Å². The molecule has 0 amide bonds. The summed E-state index contributed by atoms with van der Waals surface area (Å²) in [6.45, 7) is 22.5. The molecule has 0 aliphatic rings. The molecule has 2 heteroatoms. The number of carbonyl (C=O) groups is 1. The summed E-state index contributed by atoms with van der Waals surface area (Å²) in [4.78, 5) is 11.6. The Balaban J connectivity index is 0.000000698. The molecule has 0 fully saturated rings. The van der Waals surface area contributed by atoms with Gasteiger partial charge in [0, 0.05) is 12.5 Å². The molecule has 1 unspecified atom stereocenters. The monoisotopic (exact) mass is 505 g/mol. The first-order valence-corrected chi connectivity index (χ1v) is 13.6. The maximum absolute atomic E-state index is 11.6. The average molecular weight is 506 g/mol. The lowest BCUT2D eigenvalue weighted by Gasteiger charge is -2.22. The quantitative estimate of drug-likeness (QED) is 0.243. The molecule has 0 aliphatic heterocycles. The molecule has 0 aliphatic carbocycles. The first-order valence-electron chi connectivity index (χ1n) is 13.6. The van der Waals surface area contributed by atoms with E-state index in [0.29, 0.717) is 30.2 Å². The third kappa shape index (κ3) is 15.4. The van der Waals surface area contributed by atoms with Gasteiger partial charge in [-0.05, 0) is 89.5 Å². The Morgan fingerprint density at radius 2 is 1.22 bits per heavy atom. The summed E-state index contributed by atoms with van der Waals surface area (Å²) in [5.74, 6) is 1.78. The number of aryl methyl sites for hydroxylation is 2. The van der Waals surface area contributed by atoms with Crippen LogP contribution >= 0.6 is 0 Å². The Morgan fingerprint density at radius 3 is 1.62 bits per heavy atom. The van der Waals surface area contributed by atoms with Crippen LogP contribution in [0.4, 0.5) is 0 Å². The van der Waals surface area contributed by atoms with E-state index < -0.39 is 0 Å². The molecule has 0 heterocycles. The fourth-order valence-corrected chi connectivity index (χ4v) is 4.11. The molecule has 0 bridgehead atoms. The van der Waals surface area contributed by atoms with Gasteiger partial charge in [-0.2, -0.15) is 0 Å². The van der Waals surface area contributed by atoms with Gasteiger partial charge in [-0.15, -0.1) is 0 Å². The Kier molecular flexibility index (Phi) is 16.7. The number of allylic oxidation sites excluding steroid dienone is 3. The number of nitrogens with one attached hydrogen (secondary N) is 1. The molecule has 0 saturated carbocycles. The molecular formula is C35H55NO. The van der Waals surface area contributed by atoms with Crippen molar-refractivity contribution in [2.24, 2.45) is 5.92 Å². The average Bonchev–Trinajstić information content (AvgIpc) is 2.77. The summed E-state index contributed by atoms with van der Waals surface area (Å²) in [6, 6.07) is 17.8. The van der Waals surface area contributed by atoms with E-state index in [4.69, 9.17) is 0 Å². The van der Waals surface area contributed by atoms with Crippen LogP contribution in [-0.2, 0) is 4.79 Å². The van der Waals surface area contributed by atoms with Crippen molar-refractivity contribution in [3.8, 4) is 0 Å². The van der Waals surface area contributed by atoms with Crippen LogP contribution in [0.3, 0.4) is 0 Å². The molecule has 2 aromatic carbocycles. The SMILES string of the molecule is C.CC(C)=CC(=O)C[C@H](C)c1ccc(C)cc1.CC(C)=CC(C[C@H](C)c1ccc(C)cc1)NCC(C)C. The van der Waals surface area contributed by atoms with Crippen LogP contribution in [0, 0.1) is 19.8 Å². The van der Waals surface area contributed by atoms with Gasteiger partial charge in [-0.25, -0.2) is 0 Å². The third-order valence-corrected chi connectivity index (χ3v) is 6.18.